The van der Waals surface area contributed by atoms with E-state index in [1.807, 2.05) is 31.2 Å². The molecule has 9 heteroatoms. The van der Waals surface area contributed by atoms with E-state index >= 15 is 0 Å². The number of rotatable bonds is 4. The topological polar surface area (TPSA) is 123 Å². The summed E-state index contributed by atoms with van der Waals surface area (Å²) < 4.78 is 6.06. The quantitative estimate of drug-likeness (QED) is 0.285. The summed E-state index contributed by atoms with van der Waals surface area (Å²) in [5.74, 6) is 0.416. The van der Waals surface area contributed by atoms with Crippen molar-refractivity contribution in [1.82, 2.24) is 14.9 Å². The minimum absolute atomic E-state index is 0.184. The van der Waals surface area contributed by atoms with Gasteiger partial charge in [-0.3, -0.25) is 4.90 Å². The minimum Gasteiger partial charge on any atom is -0.465 e. The molecule has 0 saturated carbocycles. The Kier molecular flexibility index (Phi) is 5.71. The van der Waals surface area contributed by atoms with Gasteiger partial charge in [-0.05, 0) is 59.9 Å². The lowest BCUT2D eigenvalue weighted by atomic mass is 9.91. The zero-order valence-corrected chi connectivity index (χ0v) is 21.5. The molecule has 1 aliphatic rings. The van der Waals surface area contributed by atoms with Gasteiger partial charge in [0.05, 0.1) is 31.0 Å². The van der Waals surface area contributed by atoms with Gasteiger partial charge in [-0.2, -0.15) is 5.26 Å². The van der Waals surface area contributed by atoms with E-state index in [9.17, 15) is 20.3 Å². The Balaban J connectivity index is 1.41. The normalized spacial score (nSPS) is 12.6. The molecule has 6 rings (SSSR count). The first-order valence-electron chi connectivity index (χ1n) is 12.0. The number of amides is 1. The van der Waals surface area contributed by atoms with Crippen LogP contribution >= 0.6 is 11.3 Å². The highest BCUT2D eigenvalue weighted by Crippen LogP contribution is 2.40. The van der Waals surface area contributed by atoms with E-state index in [1.165, 1.54) is 4.90 Å². The lowest BCUT2D eigenvalue weighted by Crippen LogP contribution is -2.22. The molecule has 0 spiro atoms. The second-order valence-corrected chi connectivity index (χ2v) is 10.3. The van der Waals surface area contributed by atoms with Crippen molar-refractivity contribution in [2.45, 2.75) is 33.5 Å². The number of carbonyl (C=O) groups is 1. The molecule has 3 aromatic carbocycles. The second kappa shape index (κ2) is 9.10. The van der Waals surface area contributed by atoms with Crippen LogP contribution < -0.4 is 0 Å². The molecule has 0 radical (unpaired) electrons. The Morgan fingerprint density at radius 2 is 1.74 bits per heavy atom. The number of benzene rings is 3. The molecule has 0 aliphatic carbocycles. The highest BCUT2D eigenvalue weighted by molar-refractivity contribution is 7.15. The van der Waals surface area contributed by atoms with E-state index in [0.29, 0.717) is 41.2 Å². The van der Waals surface area contributed by atoms with Crippen molar-refractivity contribution >= 4 is 28.5 Å². The average Bonchev–Trinajstić information content (AvgIpc) is 3.62. The zero-order chi connectivity index (χ0) is 26.6. The van der Waals surface area contributed by atoms with Gasteiger partial charge in [-0.25, -0.2) is 14.8 Å². The first-order chi connectivity index (χ1) is 18.4. The molecule has 8 nitrogen and oxygen atoms in total. The maximum atomic E-state index is 11.3. The molecule has 0 unspecified atom stereocenters. The van der Waals surface area contributed by atoms with Gasteiger partial charge in [0, 0.05) is 16.0 Å². The van der Waals surface area contributed by atoms with Gasteiger partial charge in [0.2, 0.25) is 5.89 Å². The number of oxazole rings is 1. The van der Waals surface area contributed by atoms with Crippen LogP contribution in [0.15, 0.2) is 52.9 Å². The Bertz CT molecular complexity index is 1770. The van der Waals surface area contributed by atoms with Crippen molar-refractivity contribution < 1.29 is 19.4 Å². The molecule has 0 bridgehead atoms. The number of aliphatic hydroxyl groups excluding tert-OH is 1. The Hall–Kier alpha value is -4.52. The molecule has 3 heterocycles. The van der Waals surface area contributed by atoms with Crippen LogP contribution in [-0.2, 0) is 19.7 Å². The molecule has 1 amide bonds. The van der Waals surface area contributed by atoms with E-state index in [-0.39, 0.29) is 6.61 Å². The van der Waals surface area contributed by atoms with Crippen LogP contribution in [0.25, 0.3) is 44.3 Å². The van der Waals surface area contributed by atoms with Crippen LogP contribution in [0.5, 0.6) is 0 Å². The third-order valence-corrected chi connectivity index (χ3v) is 8.11. The summed E-state index contributed by atoms with van der Waals surface area (Å²) in [5.41, 5.74) is 8.69. The van der Waals surface area contributed by atoms with Crippen LogP contribution in [0.2, 0.25) is 0 Å². The van der Waals surface area contributed by atoms with Crippen LogP contribution in [0.4, 0.5) is 4.79 Å². The number of aromatic nitrogens is 2. The molecule has 0 atom stereocenters. The smallest absolute Gasteiger partial charge is 0.407 e. The highest BCUT2D eigenvalue weighted by Gasteiger charge is 2.28. The lowest BCUT2D eigenvalue weighted by molar-refractivity contribution is 0.145. The van der Waals surface area contributed by atoms with Crippen molar-refractivity contribution in [2.24, 2.45) is 0 Å². The van der Waals surface area contributed by atoms with E-state index < -0.39 is 6.09 Å². The van der Waals surface area contributed by atoms with Gasteiger partial charge in [0.25, 0.3) is 0 Å². The van der Waals surface area contributed by atoms with E-state index in [1.54, 1.807) is 23.5 Å². The largest absolute Gasteiger partial charge is 0.465 e. The molecule has 0 fully saturated rings. The van der Waals surface area contributed by atoms with Crippen molar-refractivity contribution in [2.75, 3.05) is 0 Å². The third kappa shape index (κ3) is 3.82. The summed E-state index contributed by atoms with van der Waals surface area (Å²) in [4.78, 5) is 23.1. The summed E-state index contributed by atoms with van der Waals surface area (Å²) in [7, 11) is 0. The highest BCUT2D eigenvalue weighted by atomic mass is 32.1. The molecule has 0 saturated heterocycles. The fourth-order valence-corrected chi connectivity index (χ4v) is 6.16. The predicted molar refractivity (Wildman–Crippen MR) is 143 cm³/mol. The summed E-state index contributed by atoms with van der Waals surface area (Å²) >= 11 is 1.54. The maximum Gasteiger partial charge on any atom is 0.407 e. The third-order valence-electron chi connectivity index (χ3n) is 7.00. The van der Waals surface area contributed by atoms with Crippen LogP contribution in [0, 0.1) is 25.2 Å². The van der Waals surface area contributed by atoms with E-state index in [0.717, 1.165) is 49.0 Å². The first kappa shape index (κ1) is 23.9. The van der Waals surface area contributed by atoms with Gasteiger partial charge in [0.15, 0.2) is 5.58 Å². The Morgan fingerprint density at radius 1 is 1.05 bits per heavy atom. The van der Waals surface area contributed by atoms with Crippen molar-refractivity contribution in [3.8, 4) is 39.2 Å². The number of nitrogens with zero attached hydrogens (tertiary/aromatic N) is 4. The van der Waals surface area contributed by atoms with Gasteiger partial charge >= 0.3 is 6.09 Å². The Labute approximate surface area is 222 Å². The molecule has 188 valence electrons. The molecule has 1 aliphatic heterocycles. The van der Waals surface area contributed by atoms with Crippen molar-refractivity contribution in [1.29, 1.82) is 5.26 Å². The lowest BCUT2D eigenvalue weighted by Gasteiger charge is -2.14. The molecular formula is C29H22N4O4S. The summed E-state index contributed by atoms with van der Waals surface area (Å²) in [6.45, 7) is 4.60. The van der Waals surface area contributed by atoms with Crippen LogP contribution in [0.3, 0.4) is 0 Å². The number of thiazole rings is 1. The molecule has 2 aromatic heterocycles. The van der Waals surface area contributed by atoms with Gasteiger partial charge in [-0.1, -0.05) is 30.3 Å². The van der Waals surface area contributed by atoms with E-state index in [2.05, 4.69) is 30.1 Å². The molecule has 5 aromatic rings. The number of aliphatic hydroxyl groups is 1. The fraction of sp³-hybridized carbons (Fsp3) is 0.172. The predicted octanol–water partition coefficient (Wildman–Crippen LogP) is 6.26. The Morgan fingerprint density at radius 3 is 2.39 bits per heavy atom. The summed E-state index contributed by atoms with van der Waals surface area (Å²) in [5, 5.41) is 29.3. The van der Waals surface area contributed by atoms with Crippen LogP contribution in [-0.4, -0.2) is 31.2 Å². The molecular weight excluding hydrogens is 500 g/mol. The van der Waals surface area contributed by atoms with Crippen LogP contribution in [0.1, 0.15) is 32.8 Å². The van der Waals surface area contributed by atoms with Gasteiger partial charge in [0.1, 0.15) is 16.6 Å². The first-order valence-corrected chi connectivity index (χ1v) is 12.8. The summed E-state index contributed by atoms with van der Waals surface area (Å²) in [6.07, 6.45) is -0.929. The average molecular weight is 523 g/mol. The van der Waals surface area contributed by atoms with Crippen molar-refractivity contribution in [3.05, 3.63) is 81.4 Å². The van der Waals surface area contributed by atoms with Gasteiger partial charge in [-0.15, -0.1) is 11.3 Å². The number of fused-ring (bicyclic) bond motifs is 2. The monoisotopic (exact) mass is 522 g/mol. The van der Waals surface area contributed by atoms with Gasteiger partial charge < -0.3 is 14.6 Å². The number of hydrogen-bond donors (Lipinski definition) is 2. The number of nitriles is 1. The van der Waals surface area contributed by atoms with Crippen molar-refractivity contribution in [3.63, 3.8) is 0 Å². The van der Waals surface area contributed by atoms with E-state index in [4.69, 9.17) is 9.40 Å². The minimum atomic E-state index is -0.929. The summed E-state index contributed by atoms with van der Waals surface area (Å²) in [6, 6.07) is 17.6. The molecule has 2 N–H and O–H groups in total. The zero-order valence-electron chi connectivity index (χ0n) is 20.6. The maximum absolute atomic E-state index is 11.3. The number of carboxylic acid groups (broad SMARTS) is 1. The fourth-order valence-electron chi connectivity index (χ4n) is 4.99. The molecule has 38 heavy (non-hydrogen) atoms. The number of hydrogen-bond acceptors (Lipinski definition) is 7. The standard InChI is InChI=1S/C29H22N4O4S/c1-15-19(5-3-7-21(15)27-31-23-10-17(14-34)9-18(11-30)26(23)37-27)20-6-4-8-22(16(20)2)28-32-24-12-33(29(35)36)13-25(24)38-28/h3-10,34H,12-14H2,1-2H3,(H,35,36). The second-order valence-electron chi connectivity index (χ2n) is 9.26. The SMILES string of the molecule is Cc1c(-c2nc3cc(CO)cc(C#N)c3o2)cccc1-c1cccc(-c2nc3c(s2)CN(C(=O)O)C3)c1C.